The van der Waals surface area contributed by atoms with E-state index in [2.05, 4.69) is 0 Å². The van der Waals surface area contributed by atoms with Gasteiger partial charge in [-0.3, -0.25) is 4.79 Å². The maximum absolute atomic E-state index is 13.1. The lowest BCUT2D eigenvalue weighted by atomic mass is 10.2. The van der Waals surface area contributed by atoms with E-state index in [0.29, 0.717) is 35.7 Å². The summed E-state index contributed by atoms with van der Waals surface area (Å²) >= 11 is 6.07. The van der Waals surface area contributed by atoms with Crippen LogP contribution in [-0.2, 0) is 10.0 Å². The van der Waals surface area contributed by atoms with Crippen LogP contribution in [0, 0.1) is 12.7 Å². The molecule has 2 aromatic carbocycles. The van der Waals surface area contributed by atoms with Crippen LogP contribution >= 0.6 is 11.6 Å². The van der Waals surface area contributed by atoms with Crippen LogP contribution in [0.15, 0.2) is 47.4 Å². The summed E-state index contributed by atoms with van der Waals surface area (Å²) in [5.41, 5.74) is 0.904. The number of carbonyl (C=O) groups excluding carboxylic acids is 1. The molecule has 144 valence electrons. The highest BCUT2D eigenvalue weighted by atomic mass is 35.5. The Hall–Kier alpha value is -1.96. The number of halogens is 2. The van der Waals surface area contributed by atoms with Crippen LogP contribution in [0.1, 0.15) is 22.3 Å². The van der Waals surface area contributed by atoms with Gasteiger partial charge in [0, 0.05) is 36.8 Å². The number of carbonyl (C=O) groups is 1. The third kappa shape index (κ3) is 4.15. The fourth-order valence-corrected chi connectivity index (χ4v) is 5.07. The topological polar surface area (TPSA) is 57.7 Å². The zero-order chi connectivity index (χ0) is 19.6. The molecule has 0 bridgehead atoms. The zero-order valence-corrected chi connectivity index (χ0v) is 16.4. The van der Waals surface area contributed by atoms with E-state index in [-0.39, 0.29) is 23.9 Å². The Bertz CT molecular complexity index is 948. The van der Waals surface area contributed by atoms with Gasteiger partial charge in [0.15, 0.2) is 0 Å². The third-order valence-electron chi connectivity index (χ3n) is 4.67. The van der Waals surface area contributed by atoms with Crippen molar-refractivity contribution in [3.8, 4) is 0 Å². The standard InChI is InChI=1S/C19H20ClFN2O3S/c1-14-17(20)4-2-5-18(14)27(25,26)23-11-3-10-22(12-13-23)19(24)15-6-8-16(21)9-7-15/h2,4-9H,3,10-13H2,1H3. The Labute approximate surface area is 163 Å². The van der Waals surface area contributed by atoms with Gasteiger partial charge in [0.1, 0.15) is 5.82 Å². The molecule has 1 amide bonds. The molecule has 1 heterocycles. The minimum Gasteiger partial charge on any atom is -0.337 e. The molecule has 0 atom stereocenters. The van der Waals surface area contributed by atoms with E-state index in [0.717, 1.165) is 0 Å². The molecule has 8 heteroatoms. The predicted molar refractivity (Wildman–Crippen MR) is 102 cm³/mol. The highest BCUT2D eigenvalue weighted by molar-refractivity contribution is 7.89. The van der Waals surface area contributed by atoms with Crippen LogP contribution < -0.4 is 0 Å². The zero-order valence-electron chi connectivity index (χ0n) is 14.9. The lowest BCUT2D eigenvalue weighted by Gasteiger charge is -2.23. The minimum atomic E-state index is -3.70. The van der Waals surface area contributed by atoms with E-state index >= 15 is 0 Å². The van der Waals surface area contributed by atoms with Crippen molar-refractivity contribution in [3.05, 3.63) is 64.4 Å². The number of rotatable bonds is 3. The minimum absolute atomic E-state index is 0.188. The van der Waals surface area contributed by atoms with Gasteiger partial charge in [-0.05, 0) is 55.3 Å². The lowest BCUT2D eigenvalue weighted by molar-refractivity contribution is 0.0764. The summed E-state index contributed by atoms with van der Waals surface area (Å²) in [4.78, 5) is 14.4. The van der Waals surface area contributed by atoms with Crippen LogP contribution in [0.25, 0.3) is 0 Å². The Morgan fingerprint density at radius 1 is 1.04 bits per heavy atom. The van der Waals surface area contributed by atoms with Crippen LogP contribution in [0.5, 0.6) is 0 Å². The van der Waals surface area contributed by atoms with Gasteiger partial charge in [0.05, 0.1) is 4.90 Å². The second kappa shape index (κ2) is 7.96. The SMILES string of the molecule is Cc1c(Cl)cccc1S(=O)(=O)N1CCCN(C(=O)c2ccc(F)cc2)CC1. The van der Waals surface area contributed by atoms with E-state index in [1.54, 1.807) is 30.0 Å². The maximum Gasteiger partial charge on any atom is 0.253 e. The second-order valence-corrected chi connectivity index (χ2v) is 8.73. The first-order valence-electron chi connectivity index (χ1n) is 8.61. The fraction of sp³-hybridized carbons (Fsp3) is 0.316. The van der Waals surface area contributed by atoms with Crippen LogP contribution in [0.3, 0.4) is 0 Å². The number of benzene rings is 2. The van der Waals surface area contributed by atoms with Gasteiger partial charge < -0.3 is 4.90 Å². The summed E-state index contributed by atoms with van der Waals surface area (Å²) in [6.07, 6.45) is 0.520. The molecular weight excluding hydrogens is 391 g/mol. The number of amides is 1. The van der Waals surface area contributed by atoms with E-state index in [1.165, 1.54) is 28.6 Å². The first-order valence-corrected chi connectivity index (χ1v) is 10.4. The molecule has 0 unspecified atom stereocenters. The van der Waals surface area contributed by atoms with Crippen molar-refractivity contribution in [2.75, 3.05) is 26.2 Å². The van der Waals surface area contributed by atoms with E-state index in [9.17, 15) is 17.6 Å². The van der Waals surface area contributed by atoms with Gasteiger partial charge >= 0.3 is 0 Å². The molecule has 1 aliphatic rings. The normalized spacial score (nSPS) is 16.2. The van der Waals surface area contributed by atoms with Crippen molar-refractivity contribution in [2.45, 2.75) is 18.2 Å². The monoisotopic (exact) mass is 410 g/mol. The van der Waals surface area contributed by atoms with Crippen LogP contribution in [-0.4, -0.2) is 49.7 Å². The Morgan fingerprint density at radius 2 is 1.74 bits per heavy atom. The summed E-state index contributed by atoms with van der Waals surface area (Å²) in [7, 11) is -3.70. The predicted octanol–water partition coefficient (Wildman–Crippen LogP) is 3.32. The first-order chi connectivity index (χ1) is 12.8. The molecule has 0 spiro atoms. The van der Waals surface area contributed by atoms with Gasteiger partial charge in [0.25, 0.3) is 5.91 Å². The summed E-state index contributed by atoms with van der Waals surface area (Å²) in [5.74, 6) is -0.634. The lowest BCUT2D eigenvalue weighted by Crippen LogP contribution is -2.37. The van der Waals surface area contributed by atoms with Gasteiger partial charge in [-0.2, -0.15) is 4.31 Å². The molecule has 1 fully saturated rings. The first kappa shape index (κ1) is 19.8. The molecule has 0 saturated carbocycles. The molecule has 0 N–H and O–H groups in total. The fourth-order valence-electron chi connectivity index (χ4n) is 3.12. The van der Waals surface area contributed by atoms with Gasteiger partial charge in [-0.1, -0.05) is 17.7 Å². The van der Waals surface area contributed by atoms with Crippen LogP contribution in [0.4, 0.5) is 4.39 Å². The van der Waals surface area contributed by atoms with Crippen LogP contribution in [0.2, 0.25) is 5.02 Å². The summed E-state index contributed by atoms with van der Waals surface area (Å²) in [6, 6.07) is 10.2. The molecular formula is C19H20ClFN2O3S. The van der Waals surface area contributed by atoms with Crippen molar-refractivity contribution in [1.82, 2.24) is 9.21 Å². The van der Waals surface area contributed by atoms with E-state index in [4.69, 9.17) is 11.6 Å². The number of nitrogens with zero attached hydrogens (tertiary/aromatic N) is 2. The molecule has 1 saturated heterocycles. The molecule has 2 aromatic rings. The number of sulfonamides is 1. The Kier molecular flexibility index (Phi) is 5.83. The van der Waals surface area contributed by atoms with Gasteiger partial charge in [-0.15, -0.1) is 0 Å². The highest BCUT2D eigenvalue weighted by Crippen LogP contribution is 2.26. The smallest absolute Gasteiger partial charge is 0.253 e. The number of hydrogen-bond acceptors (Lipinski definition) is 3. The molecule has 1 aliphatic heterocycles. The average molecular weight is 411 g/mol. The summed E-state index contributed by atoms with van der Waals surface area (Å²) in [5, 5.41) is 0.402. The third-order valence-corrected chi connectivity index (χ3v) is 7.12. The molecule has 5 nitrogen and oxygen atoms in total. The summed E-state index contributed by atoms with van der Waals surface area (Å²) in [6.45, 7) is 2.91. The quantitative estimate of drug-likeness (QED) is 0.779. The van der Waals surface area contributed by atoms with Gasteiger partial charge in [-0.25, -0.2) is 12.8 Å². The highest BCUT2D eigenvalue weighted by Gasteiger charge is 2.30. The van der Waals surface area contributed by atoms with Crippen molar-refractivity contribution in [2.24, 2.45) is 0 Å². The van der Waals surface area contributed by atoms with Crippen molar-refractivity contribution >= 4 is 27.5 Å². The van der Waals surface area contributed by atoms with Crippen molar-refractivity contribution in [1.29, 1.82) is 0 Å². The maximum atomic E-state index is 13.1. The van der Waals surface area contributed by atoms with E-state index < -0.39 is 15.8 Å². The number of hydrogen-bond donors (Lipinski definition) is 0. The van der Waals surface area contributed by atoms with E-state index in [1.807, 2.05) is 0 Å². The Morgan fingerprint density at radius 3 is 2.44 bits per heavy atom. The van der Waals surface area contributed by atoms with Gasteiger partial charge in [0.2, 0.25) is 10.0 Å². The van der Waals surface area contributed by atoms with Crippen molar-refractivity contribution < 1.29 is 17.6 Å². The molecule has 3 rings (SSSR count). The largest absolute Gasteiger partial charge is 0.337 e. The summed E-state index contributed by atoms with van der Waals surface area (Å²) < 4.78 is 40.5. The molecule has 0 aromatic heterocycles. The molecule has 0 aliphatic carbocycles. The Balaban J connectivity index is 1.77. The van der Waals surface area contributed by atoms with Crippen molar-refractivity contribution in [3.63, 3.8) is 0 Å². The average Bonchev–Trinajstić information content (AvgIpc) is 2.90. The molecule has 27 heavy (non-hydrogen) atoms. The second-order valence-electron chi connectivity index (χ2n) is 6.42. The molecule has 0 radical (unpaired) electrons.